The zero-order chi connectivity index (χ0) is 17.2. The Bertz CT molecular complexity index is 895. The van der Waals surface area contributed by atoms with Gasteiger partial charge in [-0.15, -0.1) is 0 Å². The van der Waals surface area contributed by atoms with Crippen molar-refractivity contribution in [3.63, 3.8) is 0 Å². The van der Waals surface area contributed by atoms with Gasteiger partial charge in [0.2, 0.25) is 0 Å². The van der Waals surface area contributed by atoms with Crippen LogP contribution in [-0.2, 0) is 0 Å². The van der Waals surface area contributed by atoms with Gasteiger partial charge in [-0.05, 0) is 37.1 Å². The van der Waals surface area contributed by atoms with E-state index >= 15 is 0 Å². The SMILES string of the molecule is Cc1ccc(C2=NN(c3ccccc3)C(c3cccc(C)c3)C2)cc1. The molecule has 0 saturated heterocycles. The zero-order valence-corrected chi connectivity index (χ0v) is 14.7. The minimum absolute atomic E-state index is 0.235. The van der Waals surface area contributed by atoms with Gasteiger partial charge in [-0.1, -0.05) is 77.9 Å². The van der Waals surface area contributed by atoms with Crippen LogP contribution in [0.4, 0.5) is 5.69 Å². The number of hydrogen-bond donors (Lipinski definition) is 0. The fraction of sp³-hybridized carbons (Fsp3) is 0.174. The number of aryl methyl sites for hydroxylation is 2. The summed E-state index contributed by atoms with van der Waals surface area (Å²) < 4.78 is 0. The molecular weight excluding hydrogens is 304 g/mol. The van der Waals surface area contributed by atoms with Crippen molar-refractivity contribution in [3.05, 3.63) is 101 Å². The summed E-state index contributed by atoms with van der Waals surface area (Å²) in [7, 11) is 0. The maximum absolute atomic E-state index is 5.00. The molecule has 25 heavy (non-hydrogen) atoms. The first kappa shape index (κ1) is 15.6. The summed E-state index contributed by atoms with van der Waals surface area (Å²) in [5.41, 5.74) is 7.37. The first-order valence-corrected chi connectivity index (χ1v) is 8.76. The van der Waals surface area contributed by atoms with Crippen LogP contribution in [0.2, 0.25) is 0 Å². The zero-order valence-electron chi connectivity index (χ0n) is 14.7. The highest BCUT2D eigenvalue weighted by atomic mass is 15.5. The van der Waals surface area contributed by atoms with Crippen LogP contribution in [0.1, 0.15) is 34.7 Å². The molecule has 0 aromatic heterocycles. The van der Waals surface area contributed by atoms with E-state index in [9.17, 15) is 0 Å². The number of hydrogen-bond acceptors (Lipinski definition) is 2. The van der Waals surface area contributed by atoms with E-state index in [4.69, 9.17) is 5.10 Å². The van der Waals surface area contributed by atoms with E-state index in [-0.39, 0.29) is 6.04 Å². The highest BCUT2D eigenvalue weighted by Crippen LogP contribution is 2.36. The molecular formula is C23H22N2. The Morgan fingerprint density at radius 1 is 0.800 bits per heavy atom. The van der Waals surface area contributed by atoms with E-state index in [1.165, 1.54) is 22.3 Å². The Labute approximate surface area is 149 Å². The Morgan fingerprint density at radius 3 is 2.28 bits per heavy atom. The predicted molar refractivity (Wildman–Crippen MR) is 105 cm³/mol. The molecule has 0 bridgehead atoms. The van der Waals surface area contributed by atoms with E-state index in [0.717, 1.165) is 17.8 Å². The molecule has 0 N–H and O–H groups in total. The highest BCUT2D eigenvalue weighted by Gasteiger charge is 2.29. The normalized spacial score (nSPS) is 16.8. The topological polar surface area (TPSA) is 15.6 Å². The first-order chi connectivity index (χ1) is 12.2. The van der Waals surface area contributed by atoms with Crippen molar-refractivity contribution < 1.29 is 0 Å². The van der Waals surface area contributed by atoms with Crippen LogP contribution in [0.25, 0.3) is 0 Å². The van der Waals surface area contributed by atoms with Crippen LogP contribution in [0, 0.1) is 13.8 Å². The molecule has 0 saturated carbocycles. The van der Waals surface area contributed by atoms with Gasteiger partial charge in [0.1, 0.15) is 0 Å². The van der Waals surface area contributed by atoms with Crippen molar-refractivity contribution in [1.82, 2.24) is 0 Å². The standard InChI is InChI=1S/C23H22N2/c1-17-11-13-19(14-12-17)22-16-23(20-8-6-7-18(2)15-20)25(24-22)21-9-4-3-5-10-21/h3-15,23H,16H2,1-2H3. The van der Waals surface area contributed by atoms with Crippen molar-refractivity contribution in [3.8, 4) is 0 Å². The van der Waals surface area contributed by atoms with Crippen LogP contribution in [0.15, 0.2) is 84.0 Å². The third-order valence-electron chi connectivity index (χ3n) is 4.74. The van der Waals surface area contributed by atoms with Crippen molar-refractivity contribution >= 4 is 11.4 Å². The number of anilines is 1. The predicted octanol–water partition coefficient (Wildman–Crippen LogP) is 5.66. The van der Waals surface area contributed by atoms with E-state index in [1.807, 2.05) is 6.07 Å². The van der Waals surface area contributed by atoms with Crippen LogP contribution in [-0.4, -0.2) is 5.71 Å². The second-order valence-corrected chi connectivity index (χ2v) is 6.73. The average molecular weight is 326 g/mol. The van der Waals surface area contributed by atoms with Gasteiger partial charge >= 0.3 is 0 Å². The average Bonchev–Trinajstić information content (AvgIpc) is 3.08. The Hall–Kier alpha value is -2.87. The second kappa shape index (κ2) is 6.56. The third kappa shape index (κ3) is 3.20. The minimum Gasteiger partial charge on any atom is -0.257 e. The molecule has 1 atom stereocenters. The minimum atomic E-state index is 0.235. The molecule has 1 aliphatic rings. The lowest BCUT2D eigenvalue weighted by molar-refractivity contribution is 0.708. The quantitative estimate of drug-likeness (QED) is 0.606. The molecule has 2 nitrogen and oxygen atoms in total. The Kier molecular flexibility index (Phi) is 4.10. The summed E-state index contributed by atoms with van der Waals surface area (Å²) in [5, 5.41) is 7.17. The molecule has 1 aliphatic heterocycles. The lowest BCUT2D eigenvalue weighted by atomic mass is 9.97. The summed E-state index contributed by atoms with van der Waals surface area (Å²) in [6.07, 6.45) is 0.918. The van der Waals surface area contributed by atoms with Gasteiger partial charge in [0, 0.05) is 6.42 Å². The third-order valence-corrected chi connectivity index (χ3v) is 4.74. The van der Waals surface area contributed by atoms with Gasteiger partial charge in [0.05, 0.1) is 17.4 Å². The second-order valence-electron chi connectivity index (χ2n) is 6.73. The van der Waals surface area contributed by atoms with Gasteiger partial charge < -0.3 is 0 Å². The van der Waals surface area contributed by atoms with Gasteiger partial charge in [0.25, 0.3) is 0 Å². The van der Waals surface area contributed by atoms with E-state index in [1.54, 1.807) is 0 Å². The van der Waals surface area contributed by atoms with Crippen molar-refractivity contribution in [1.29, 1.82) is 0 Å². The number of rotatable bonds is 3. The van der Waals surface area contributed by atoms with Crippen LogP contribution in [0.3, 0.4) is 0 Å². The van der Waals surface area contributed by atoms with Gasteiger partial charge in [0.15, 0.2) is 0 Å². The van der Waals surface area contributed by atoms with Gasteiger partial charge in [-0.3, -0.25) is 5.01 Å². The highest BCUT2D eigenvalue weighted by molar-refractivity contribution is 6.03. The Balaban J connectivity index is 1.75. The van der Waals surface area contributed by atoms with Crippen molar-refractivity contribution in [2.75, 3.05) is 5.01 Å². The molecule has 0 spiro atoms. The maximum atomic E-state index is 5.00. The molecule has 124 valence electrons. The molecule has 4 rings (SSSR count). The molecule has 3 aromatic carbocycles. The monoisotopic (exact) mass is 326 g/mol. The molecule has 3 aromatic rings. The molecule has 0 amide bonds. The summed E-state index contributed by atoms with van der Waals surface area (Å²) in [4.78, 5) is 0. The molecule has 0 fully saturated rings. The van der Waals surface area contributed by atoms with Crippen molar-refractivity contribution in [2.45, 2.75) is 26.3 Å². The number of nitrogens with zero attached hydrogens (tertiary/aromatic N) is 2. The molecule has 1 unspecified atom stereocenters. The number of para-hydroxylation sites is 1. The Morgan fingerprint density at radius 2 is 1.56 bits per heavy atom. The summed E-state index contributed by atoms with van der Waals surface area (Å²) in [5.74, 6) is 0. The fourth-order valence-corrected chi connectivity index (χ4v) is 3.39. The van der Waals surface area contributed by atoms with Crippen LogP contribution >= 0.6 is 0 Å². The summed E-state index contributed by atoms with van der Waals surface area (Å²) in [6, 6.07) is 28.1. The van der Waals surface area contributed by atoms with Crippen LogP contribution < -0.4 is 5.01 Å². The van der Waals surface area contributed by atoms with E-state index < -0.39 is 0 Å². The van der Waals surface area contributed by atoms with Gasteiger partial charge in [-0.2, -0.15) is 5.10 Å². The van der Waals surface area contributed by atoms with E-state index in [2.05, 4.69) is 91.7 Å². The lowest BCUT2D eigenvalue weighted by Crippen LogP contribution is -2.18. The summed E-state index contributed by atoms with van der Waals surface area (Å²) >= 11 is 0. The van der Waals surface area contributed by atoms with Crippen molar-refractivity contribution in [2.24, 2.45) is 5.10 Å². The molecule has 2 heteroatoms. The fourth-order valence-electron chi connectivity index (χ4n) is 3.39. The number of hydrazone groups is 1. The summed E-state index contributed by atoms with van der Waals surface area (Å²) in [6.45, 7) is 4.26. The largest absolute Gasteiger partial charge is 0.257 e. The van der Waals surface area contributed by atoms with Gasteiger partial charge in [-0.25, -0.2) is 0 Å². The van der Waals surface area contributed by atoms with E-state index in [0.29, 0.717) is 0 Å². The smallest absolute Gasteiger partial charge is 0.0831 e. The molecule has 0 radical (unpaired) electrons. The number of benzene rings is 3. The molecule has 0 aliphatic carbocycles. The lowest BCUT2D eigenvalue weighted by Gasteiger charge is -2.24. The van der Waals surface area contributed by atoms with Crippen LogP contribution in [0.5, 0.6) is 0 Å². The molecule has 1 heterocycles. The maximum Gasteiger partial charge on any atom is 0.0831 e. The first-order valence-electron chi connectivity index (χ1n) is 8.76.